The Balaban J connectivity index is 2.49. The van der Waals surface area contributed by atoms with Gasteiger partial charge in [-0.2, -0.15) is 0 Å². The van der Waals surface area contributed by atoms with Gasteiger partial charge in [-0.05, 0) is 38.1 Å². The second-order valence-corrected chi connectivity index (χ2v) is 9.23. The largest absolute Gasteiger partial charge is 0.369 e. The summed E-state index contributed by atoms with van der Waals surface area (Å²) in [5.41, 5.74) is 4.17. The molecule has 0 aromatic heterocycles. The smallest absolute Gasteiger partial charge is 0.278 e. The van der Waals surface area contributed by atoms with E-state index in [2.05, 4.69) is 22.0 Å². The van der Waals surface area contributed by atoms with Crippen molar-refractivity contribution in [3.05, 3.63) is 47.3 Å². The highest BCUT2D eigenvalue weighted by molar-refractivity contribution is 7.92. The number of hydroxylamine groups is 1. The lowest BCUT2D eigenvalue weighted by Crippen LogP contribution is -2.38. The second kappa shape index (κ2) is 8.78. The molecule has 0 radical (unpaired) electrons. The Morgan fingerprint density at radius 1 is 1.45 bits per heavy atom. The number of nitrogens with one attached hydrogen (secondary N) is 3. The predicted octanol–water partition coefficient (Wildman–Crippen LogP) is 1.87. The molecule has 1 aromatic carbocycles. The molecule has 8 nitrogen and oxygen atoms in total. The first-order valence-electron chi connectivity index (χ1n) is 8.62. The van der Waals surface area contributed by atoms with E-state index in [0.29, 0.717) is 29.2 Å². The van der Waals surface area contributed by atoms with Crippen LogP contribution in [0.15, 0.2) is 41.7 Å². The summed E-state index contributed by atoms with van der Waals surface area (Å²) in [4.78, 5) is 16.5. The third-order valence-corrected chi connectivity index (χ3v) is 5.44. The fourth-order valence-electron chi connectivity index (χ4n) is 2.48. The van der Waals surface area contributed by atoms with Gasteiger partial charge >= 0.3 is 0 Å². The summed E-state index contributed by atoms with van der Waals surface area (Å²) < 4.78 is 25.3. The van der Waals surface area contributed by atoms with E-state index in [4.69, 9.17) is 22.9 Å². The number of anilines is 2. The van der Waals surface area contributed by atoms with Crippen molar-refractivity contribution in [3.8, 4) is 12.3 Å². The number of halogens is 1. The van der Waals surface area contributed by atoms with Crippen molar-refractivity contribution in [2.45, 2.75) is 18.8 Å². The molecular formula is C19H23ClN4O4S. The van der Waals surface area contributed by atoms with Crippen LogP contribution in [-0.2, 0) is 19.7 Å². The van der Waals surface area contributed by atoms with Crippen molar-refractivity contribution >= 4 is 38.9 Å². The van der Waals surface area contributed by atoms with E-state index in [-0.39, 0.29) is 5.57 Å². The zero-order valence-corrected chi connectivity index (χ0v) is 18.1. The summed E-state index contributed by atoms with van der Waals surface area (Å²) in [6, 6.07) is 4.86. The minimum Gasteiger partial charge on any atom is -0.369 e. The van der Waals surface area contributed by atoms with Gasteiger partial charge in [-0.25, -0.2) is 13.9 Å². The quantitative estimate of drug-likeness (QED) is 0.260. The van der Waals surface area contributed by atoms with Crippen LogP contribution in [0.2, 0.25) is 0 Å². The topological polar surface area (TPSA) is 99.8 Å². The molecule has 156 valence electrons. The van der Waals surface area contributed by atoms with Crippen molar-refractivity contribution in [3.63, 3.8) is 0 Å². The Morgan fingerprint density at radius 2 is 2.14 bits per heavy atom. The molecule has 0 aliphatic carbocycles. The maximum Gasteiger partial charge on any atom is 0.278 e. The van der Waals surface area contributed by atoms with Crippen LogP contribution in [0, 0.1) is 12.3 Å². The normalized spacial score (nSPS) is 18.6. The Labute approximate surface area is 175 Å². The third kappa shape index (κ3) is 5.67. The van der Waals surface area contributed by atoms with Crippen LogP contribution >= 0.6 is 11.6 Å². The van der Waals surface area contributed by atoms with Crippen molar-refractivity contribution in [1.82, 2.24) is 10.8 Å². The van der Waals surface area contributed by atoms with Crippen LogP contribution < -0.4 is 20.4 Å². The Kier molecular flexibility index (Phi) is 6.85. The standard InChI is InChI=1S/C19H23ClN4O4S/c1-6-13-8-9-15(17(10-13)24(4)29(5,26)27)22-16-11-19(3,20)21-12-14(16)18(25)23-28-7-2/h1,8-12,21-22H,7H2,2-5H3,(H,23,25). The summed E-state index contributed by atoms with van der Waals surface area (Å²) in [5.74, 6) is 1.98. The summed E-state index contributed by atoms with van der Waals surface area (Å²) >= 11 is 6.36. The molecule has 0 saturated heterocycles. The number of terminal acetylenes is 1. The number of carbonyl (C=O) groups excluding carboxylic acids is 1. The molecule has 2 rings (SSSR count). The number of sulfonamides is 1. The number of rotatable bonds is 7. The number of benzene rings is 1. The number of hydrogen-bond donors (Lipinski definition) is 3. The highest BCUT2D eigenvalue weighted by Crippen LogP contribution is 2.32. The van der Waals surface area contributed by atoms with E-state index in [1.807, 2.05) is 0 Å². The van der Waals surface area contributed by atoms with Crippen LogP contribution in [0.25, 0.3) is 0 Å². The first kappa shape index (κ1) is 22.6. The maximum absolute atomic E-state index is 12.4. The van der Waals surface area contributed by atoms with Gasteiger partial charge in [0.2, 0.25) is 10.0 Å². The van der Waals surface area contributed by atoms with E-state index in [1.165, 1.54) is 13.2 Å². The molecule has 10 heteroatoms. The average molecular weight is 439 g/mol. The lowest BCUT2D eigenvalue weighted by molar-refractivity contribution is -0.128. The monoisotopic (exact) mass is 438 g/mol. The Hall–Kier alpha value is -2.67. The molecule has 1 amide bonds. The van der Waals surface area contributed by atoms with Gasteiger partial charge in [-0.3, -0.25) is 13.9 Å². The first-order valence-corrected chi connectivity index (χ1v) is 10.8. The zero-order valence-electron chi connectivity index (χ0n) is 16.5. The molecule has 0 bridgehead atoms. The molecule has 1 atom stereocenters. The number of amides is 1. The average Bonchev–Trinajstić information content (AvgIpc) is 2.64. The number of hydrogen-bond acceptors (Lipinski definition) is 6. The first-order chi connectivity index (χ1) is 13.5. The van der Waals surface area contributed by atoms with Crippen LogP contribution in [0.3, 0.4) is 0 Å². The summed E-state index contributed by atoms with van der Waals surface area (Å²) in [5, 5.41) is 5.99. The summed E-state index contributed by atoms with van der Waals surface area (Å²) in [7, 11) is -2.14. The van der Waals surface area contributed by atoms with Gasteiger partial charge in [0.05, 0.1) is 35.5 Å². The van der Waals surface area contributed by atoms with E-state index in [0.717, 1.165) is 10.6 Å². The highest BCUT2D eigenvalue weighted by atomic mass is 35.5. The van der Waals surface area contributed by atoms with Crippen LogP contribution in [0.1, 0.15) is 19.4 Å². The van der Waals surface area contributed by atoms with E-state index >= 15 is 0 Å². The molecule has 29 heavy (non-hydrogen) atoms. The zero-order chi connectivity index (χ0) is 21.8. The molecule has 1 aliphatic rings. The number of alkyl halides is 1. The van der Waals surface area contributed by atoms with Crippen LogP contribution in [-0.4, -0.2) is 39.2 Å². The Morgan fingerprint density at radius 3 is 2.72 bits per heavy atom. The molecule has 1 aliphatic heterocycles. The van der Waals surface area contributed by atoms with Gasteiger partial charge < -0.3 is 10.6 Å². The van der Waals surface area contributed by atoms with Gasteiger partial charge in [-0.1, -0.05) is 17.5 Å². The van der Waals surface area contributed by atoms with E-state index in [9.17, 15) is 13.2 Å². The molecular weight excluding hydrogens is 416 g/mol. The maximum atomic E-state index is 12.4. The van der Waals surface area contributed by atoms with Crippen molar-refractivity contribution < 1.29 is 18.0 Å². The second-order valence-electron chi connectivity index (χ2n) is 6.43. The molecule has 3 N–H and O–H groups in total. The van der Waals surface area contributed by atoms with E-state index < -0.39 is 20.9 Å². The van der Waals surface area contributed by atoms with Crippen LogP contribution in [0.4, 0.5) is 11.4 Å². The van der Waals surface area contributed by atoms with Crippen molar-refractivity contribution in [2.24, 2.45) is 0 Å². The minimum absolute atomic E-state index is 0.227. The van der Waals surface area contributed by atoms with Crippen LogP contribution in [0.5, 0.6) is 0 Å². The Bertz CT molecular complexity index is 1010. The fraction of sp³-hybridized carbons (Fsp3) is 0.316. The van der Waals surface area contributed by atoms with E-state index in [1.54, 1.807) is 38.1 Å². The predicted molar refractivity (Wildman–Crippen MR) is 115 cm³/mol. The summed E-state index contributed by atoms with van der Waals surface area (Å²) in [6.45, 7) is 3.73. The van der Waals surface area contributed by atoms with Gasteiger partial charge in [0, 0.05) is 18.8 Å². The molecule has 1 unspecified atom stereocenters. The lowest BCUT2D eigenvalue weighted by atomic mass is 10.1. The van der Waals surface area contributed by atoms with Gasteiger partial charge in [0.15, 0.2) is 0 Å². The molecule has 0 fully saturated rings. The SMILES string of the molecule is C#Cc1ccc(NC2=CC(C)(Cl)NC=C2C(=O)NOCC)c(N(C)S(C)(=O)=O)c1. The molecule has 1 heterocycles. The van der Waals surface area contributed by atoms with Crippen molar-refractivity contribution in [1.29, 1.82) is 0 Å². The molecule has 0 saturated carbocycles. The van der Waals surface area contributed by atoms with Gasteiger partial charge in [-0.15, -0.1) is 6.42 Å². The number of nitrogens with zero attached hydrogens (tertiary/aromatic N) is 1. The molecule has 1 aromatic rings. The summed E-state index contributed by atoms with van der Waals surface area (Å²) in [6.07, 6.45) is 9.60. The van der Waals surface area contributed by atoms with Crippen molar-refractivity contribution in [2.75, 3.05) is 29.5 Å². The number of dihydropyridines is 1. The fourth-order valence-corrected chi connectivity index (χ4v) is 3.15. The van der Waals surface area contributed by atoms with Gasteiger partial charge in [0.1, 0.15) is 5.00 Å². The third-order valence-electron chi connectivity index (χ3n) is 4.03. The lowest BCUT2D eigenvalue weighted by Gasteiger charge is -2.29. The number of carbonyl (C=O) groups is 1. The highest BCUT2D eigenvalue weighted by Gasteiger charge is 2.28. The van der Waals surface area contributed by atoms with Gasteiger partial charge in [0.25, 0.3) is 5.91 Å². The molecule has 0 spiro atoms. The minimum atomic E-state index is -3.56.